The lowest BCUT2D eigenvalue weighted by Crippen LogP contribution is -2.20. The van der Waals surface area contributed by atoms with Crippen LogP contribution < -0.4 is 0 Å². The van der Waals surface area contributed by atoms with Gasteiger partial charge in [-0.2, -0.15) is 13.2 Å². The SMILES string of the molecule is FC(F)(F)[CH]C1OCCO1. The van der Waals surface area contributed by atoms with Crippen molar-refractivity contribution in [2.45, 2.75) is 12.5 Å². The van der Waals surface area contributed by atoms with Gasteiger partial charge in [-0.05, 0) is 0 Å². The van der Waals surface area contributed by atoms with E-state index in [0.29, 0.717) is 0 Å². The Bertz CT molecular complexity index is 106. The normalized spacial score (nSPS) is 21.9. The smallest absolute Gasteiger partial charge is 0.350 e. The van der Waals surface area contributed by atoms with Crippen LogP contribution in [0, 0.1) is 6.42 Å². The molecule has 5 heteroatoms. The molecule has 1 heterocycles. The first-order valence-electron chi connectivity index (χ1n) is 2.74. The van der Waals surface area contributed by atoms with Crippen LogP contribution in [0.2, 0.25) is 0 Å². The molecule has 0 spiro atoms. The van der Waals surface area contributed by atoms with Crippen molar-refractivity contribution in [3.63, 3.8) is 0 Å². The van der Waals surface area contributed by atoms with Crippen LogP contribution in [0.4, 0.5) is 13.2 Å². The predicted octanol–water partition coefficient (Wildman–Crippen LogP) is 1.13. The van der Waals surface area contributed by atoms with Gasteiger partial charge in [0.2, 0.25) is 0 Å². The van der Waals surface area contributed by atoms with E-state index in [2.05, 4.69) is 9.47 Å². The number of hydrogen-bond acceptors (Lipinski definition) is 2. The molecule has 1 fully saturated rings. The Hall–Kier alpha value is -0.290. The van der Waals surface area contributed by atoms with Gasteiger partial charge in [0.05, 0.1) is 13.2 Å². The lowest BCUT2D eigenvalue weighted by molar-refractivity contribution is -0.138. The van der Waals surface area contributed by atoms with Crippen molar-refractivity contribution in [1.29, 1.82) is 0 Å². The van der Waals surface area contributed by atoms with E-state index in [1.165, 1.54) is 0 Å². The Morgan fingerprint density at radius 3 is 2.10 bits per heavy atom. The summed E-state index contributed by atoms with van der Waals surface area (Å²) in [6.45, 7) is 0.467. The lowest BCUT2D eigenvalue weighted by Gasteiger charge is -2.10. The highest BCUT2D eigenvalue weighted by Gasteiger charge is 2.35. The number of hydrogen-bond donors (Lipinski definition) is 0. The Kier molecular flexibility index (Phi) is 2.15. The summed E-state index contributed by atoms with van der Waals surface area (Å²) >= 11 is 0. The van der Waals surface area contributed by atoms with E-state index in [4.69, 9.17) is 0 Å². The summed E-state index contributed by atoms with van der Waals surface area (Å²) in [6.07, 6.45) is -5.42. The third-order valence-electron chi connectivity index (χ3n) is 0.973. The second-order valence-corrected chi connectivity index (χ2v) is 1.82. The molecule has 0 N–H and O–H groups in total. The van der Waals surface area contributed by atoms with Crippen LogP contribution in [0.1, 0.15) is 0 Å². The molecule has 0 saturated carbocycles. The Morgan fingerprint density at radius 2 is 1.70 bits per heavy atom. The van der Waals surface area contributed by atoms with E-state index in [1.54, 1.807) is 0 Å². The molecule has 0 aliphatic carbocycles. The van der Waals surface area contributed by atoms with E-state index in [9.17, 15) is 13.2 Å². The fraction of sp³-hybridized carbons (Fsp3) is 0.800. The standard InChI is InChI=1S/C5H6F3O2/c6-5(7,8)3-4-9-1-2-10-4/h3-4H,1-2H2. The summed E-state index contributed by atoms with van der Waals surface area (Å²) in [5.74, 6) is 0. The van der Waals surface area contributed by atoms with Crippen LogP contribution in [-0.2, 0) is 9.47 Å². The maximum atomic E-state index is 11.5. The van der Waals surface area contributed by atoms with Crippen molar-refractivity contribution >= 4 is 0 Å². The zero-order valence-electron chi connectivity index (χ0n) is 5.02. The van der Waals surface area contributed by atoms with Crippen LogP contribution in [-0.4, -0.2) is 25.7 Å². The van der Waals surface area contributed by atoms with Gasteiger partial charge in [-0.3, -0.25) is 0 Å². The zero-order chi connectivity index (χ0) is 7.61. The molecule has 0 aromatic rings. The third-order valence-corrected chi connectivity index (χ3v) is 0.973. The van der Waals surface area contributed by atoms with Gasteiger partial charge in [0, 0.05) is 0 Å². The van der Waals surface area contributed by atoms with Crippen LogP contribution in [0.3, 0.4) is 0 Å². The van der Waals surface area contributed by atoms with Gasteiger partial charge in [-0.15, -0.1) is 0 Å². The predicted molar refractivity (Wildman–Crippen MR) is 26.0 cm³/mol. The molecular formula is C5H6F3O2. The minimum absolute atomic E-state index is 0.0833. The minimum Gasteiger partial charge on any atom is -0.350 e. The van der Waals surface area contributed by atoms with E-state index < -0.39 is 12.5 Å². The molecular weight excluding hydrogens is 149 g/mol. The zero-order valence-corrected chi connectivity index (χ0v) is 5.02. The fourth-order valence-corrected chi connectivity index (χ4v) is 0.627. The average molecular weight is 155 g/mol. The van der Waals surface area contributed by atoms with Gasteiger partial charge >= 0.3 is 6.18 Å². The molecule has 0 bridgehead atoms. The highest BCUT2D eigenvalue weighted by atomic mass is 19.4. The van der Waals surface area contributed by atoms with Gasteiger partial charge in [-0.25, -0.2) is 0 Å². The number of rotatable bonds is 1. The second kappa shape index (κ2) is 2.75. The van der Waals surface area contributed by atoms with Gasteiger partial charge < -0.3 is 9.47 Å². The van der Waals surface area contributed by atoms with Crippen LogP contribution in [0.15, 0.2) is 0 Å². The van der Waals surface area contributed by atoms with Gasteiger partial charge in [-0.1, -0.05) is 0 Å². The Labute approximate surface area is 55.9 Å². The molecule has 1 radical (unpaired) electrons. The van der Waals surface area contributed by atoms with Gasteiger partial charge in [0.25, 0.3) is 0 Å². The van der Waals surface area contributed by atoms with Crippen molar-refractivity contribution in [1.82, 2.24) is 0 Å². The highest BCUT2D eigenvalue weighted by molar-refractivity contribution is 4.80. The minimum atomic E-state index is -4.31. The molecule has 1 saturated heterocycles. The van der Waals surface area contributed by atoms with Crippen LogP contribution in [0.25, 0.3) is 0 Å². The molecule has 10 heavy (non-hydrogen) atoms. The van der Waals surface area contributed by atoms with Crippen molar-refractivity contribution in [2.24, 2.45) is 0 Å². The third kappa shape index (κ3) is 2.53. The van der Waals surface area contributed by atoms with E-state index in [-0.39, 0.29) is 19.6 Å². The van der Waals surface area contributed by atoms with Gasteiger partial charge in [0.15, 0.2) is 6.29 Å². The maximum Gasteiger partial charge on any atom is 0.397 e. The monoisotopic (exact) mass is 155 g/mol. The van der Waals surface area contributed by atoms with Crippen LogP contribution >= 0.6 is 0 Å². The first-order valence-corrected chi connectivity index (χ1v) is 2.74. The molecule has 0 aromatic carbocycles. The number of alkyl halides is 3. The number of ether oxygens (including phenoxy) is 2. The number of halogens is 3. The summed E-state index contributed by atoms with van der Waals surface area (Å²) in [4.78, 5) is 0. The Balaban J connectivity index is 2.24. The first-order chi connectivity index (χ1) is 4.58. The van der Waals surface area contributed by atoms with E-state index >= 15 is 0 Å². The molecule has 0 unspecified atom stereocenters. The molecule has 1 aliphatic heterocycles. The van der Waals surface area contributed by atoms with E-state index in [1.807, 2.05) is 0 Å². The first kappa shape index (κ1) is 7.81. The average Bonchev–Trinajstić information content (AvgIpc) is 2.12. The Morgan fingerprint density at radius 1 is 1.20 bits per heavy atom. The summed E-state index contributed by atoms with van der Waals surface area (Å²) in [7, 11) is 0. The topological polar surface area (TPSA) is 18.5 Å². The summed E-state index contributed by atoms with van der Waals surface area (Å²) in [6, 6.07) is 0. The summed E-state index contributed by atoms with van der Waals surface area (Å²) in [5.41, 5.74) is 0. The van der Waals surface area contributed by atoms with Crippen molar-refractivity contribution in [3.8, 4) is 0 Å². The maximum absolute atomic E-state index is 11.5. The van der Waals surface area contributed by atoms with Crippen molar-refractivity contribution in [3.05, 3.63) is 6.42 Å². The molecule has 1 aliphatic rings. The molecule has 1 rings (SSSR count). The quantitative estimate of drug-likeness (QED) is 0.565. The van der Waals surface area contributed by atoms with Crippen LogP contribution in [0.5, 0.6) is 0 Å². The second-order valence-electron chi connectivity index (χ2n) is 1.82. The molecule has 59 valence electrons. The summed E-state index contributed by atoms with van der Waals surface area (Å²) in [5, 5.41) is 0. The molecule has 0 aromatic heterocycles. The van der Waals surface area contributed by atoms with Crippen molar-refractivity contribution in [2.75, 3.05) is 13.2 Å². The van der Waals surface area contributed by atoms with E-state index in [0.717, 1.165) is 0 Å². The van der Waals surface area contributed by atoms with Crippen molar-refractivity contribution < 1.29 is 22.6 Å². The molecule has 0 atom stereocenters. The highest BCUT2D eigenvalue weighted by Crippen LogP contribution is 2.23. The fourth-order valence-electron chi connectivity index (χ4n) is 0.627. The van der Waals surface area contributed by atoms with Gasteiger partial charge in [0.1, 0.15) is 6.42 Å². The summed E-state index contributed by atoms with van der Waals surface area (Å²) < 4.78 is 43.5. The molecule has 0 amide bonds. The molecule has 2 nitrogen and oxygen atoms in total. The lowest BCUT2D eigenvalue weighted by atomic mass is 10.4. The largest absolute Gasteiger partial charge is 0.397 e.